The first kappa shape index (κ1) is 10.6. The second kappa shape index (κ2) is 5.27. The Morgan fingerprint density at radius 3 is 2.71 bits per heavy atom. The molecule has 0 N–H and O–H groups in total. The fraction of sp³-hybridized carbons (Fsp3) is 0.364. The minimum Gasteiger partial charge on any atom is -0.493 e. The van der Waals surface area contributed by atoms with Gasteiger partial charge in [-0.25, -0.2) is 0 Å². The summed E-state index contributed by atoms with van der Waals surface area (Å²) in [6.45, 7) is 6.62. The molecule has 0 aliphatic heterocycles. The van der Waals surface area contributed by atoms with Crippen LogP contribution < -0.4 is 9.47 Å². The van der Waals surface area contributed by atoms with Gasteiger partial charge in [0.1, 0.15) is 0 Å². The van der Waals surface area contributed by atoms with Crippen molar-refractivity contribution in [3.05, 3.63) is 23.8 Å². The molecule has 0 aromatic heterocycles. The topological polar surface area (TPSA) is 30.8 Å². The summed E-state index contributed by atoms with van der Waals surface area (Å²) in [4.78, 5) is 3.82. The average Bonchev–Trinajstić information content (AvgIpc) is 2.19. The lowest BCUT2D eigenvalue weighted by atomic mass is 10.2. The van der Waals surface area contributed by atoms with E-state index in [0.29, 0.717) is 13.2 Å². The summed E-state index contributed by atoms with van der Waals surface area (Å²) in [6.07, 6.45) is 0. The molecule has 0 radical (unpaired) electrons. The molecule has 0 spiro atoms. The Balaban J connectivity index is 2.94. The molecule has 1 aromatic rings. The second-order valence-corrected chi connectivity index (χ2v) is 2.80. The molecule has 0 heterocycles. The van der Waals surface area contributed by atoms with Crippen LogP contribution in [0.1, 0.15) is 12.5 Å². The number of benzene rings is 1. The second-order valence-electron chi connectivity index (χ2n) is 2.80. The molecule has 76 valence electrons. The highest BCUT2D eigenvalue weighted by Crippen LogP contribution is 2.28. The summed E-state index contributed by atoms with van der Waals surface area (Å²) in [6, 6.07) is 5.76. The average molecular weight is 193 g/mol. The highest BCUT2D eigenvalue weighted by molar-refractivity contribution is 5.43. The van der Waals surface area contributed by atoms with Crippen LogP contribution in [0.2, 0.25) is 0 Å². The van der Waals surface area contributed by atoms with E-state index in [1.165, 1.54) is 0 Å². The highest BCUT2D eigenvalue weighted by atomic mass is 16.5. The molecule has 0 fully saturated rings. The third kappa shape index (κ3) is 2.49. The first-order valence-electron chi connectivity index (χ1n) is 4.54. The summed E-state index contributed by atoms with van der Waals surface area (Å²) >= 11 is 0. The quantitative estimate of drug-likeness (QED) is 0.672. The zero-order chi connectivity index (χ0) is 10.4. The standard InChI is InChI=1S/C11H15NO2/c1-4-14-11-7-9(8-12-2)5-6-10(11)13-3/h5-7H,2,4,8H2,1,3H3. The maximum Gasteiger partial charge on any atom is 0.161 e. The lowest BCUT2D eigenvalue weighted by Gasteiger charge is -2.09. The zero-order valence-electron chi connectivity index (χ0n) is 8.62. The molecule has 1 rings (SSSR count). The van der Waals surface area contributed by atoms with E-state index in [1.807, 2.05) is 25.1 Å². The van der Waals surface area contributed by atoms with E-state index in [0.717, 1.165) is 17.1 Å². The Morgan fingerprint density at radius 2 is 2.14 bits per heavy atom. The van der Waals surface area contributed by atoms with Gasteiger partial charge in [0.25, 0.3) is 0 Å². The Hall–Kier alpha value is -1.51. The van der Waals surface area contributed by atoms with Crippen molar-refractivity contribution in [2.24, 2.45) is 4.99 Å². The number of rotatable bonds is 5. The van der Waals surface area contributed by atoms with E-state index in [4.69, 9.17) is 9.47 Å². The number of ether oxygens (including phenoxy) is 2. The third-order valence-electron chi connectivity index (χ3n) is 1.82. The molecule has 0 amide bonds. The number of hydrogen-bond acceptors (Lipinski definition) is 3. The minimum absolute atomic E-state index is 0.601. The predicted molar refractivity (Wildman–Crippen MR) is 57.4 cm³/mol. The molecule has 3 nitrogen and oxygen atoms in total. The summed E-state index contributed by atoms with van der Waals surface area (Å²) in [5.41, 5.74) is 1.07. The van der Waals surface area contributed by atoms with Crippen molar-refractivity contribution in [3.8, 4) is 11.5 Å². The van der Waals surface area contributed by atoms with Gasteiger partial charge in [-0.3, -0.25) is 4.99 Å². The van der Waals surface area contributed by atoms with Crippen molar-refractivity contribution >= 4 is 6.72 Å². The van der Waals surface area contributed by atoms with Crippen LogP contribution in [0, 0.1) is 0 Å². The van der Waals surface area contributed by atoms with Crippen LogP contribution in [0.15, 0.2) is 23.2 Å². The van der Waals surface area contributed by atoms with Gasteiger partial charge in [0, 0.05) is 0 Å². The fourth-order valence-electron chi connectivity index (χ4n) is 1.22. The van der Waals surface area contributed by atoms with E-state index in [1.54, 1.807) is 7.11 Å². The summed E-state index contributed by atoms with van der Waals surface area (Å²) < 4.78 is 10.6. The van der Waals surface area contributed by atoms with Gasteiger partial charge >= 0.3 is 0 Å². The van der Waals surface area contributed by atoms with Crippen molar-refractivity contribution < 1.29 is 9.47 Å². The predicted octanol–water partition coefficient (Wildman–Crippen LogP) is 2.29. The summed E-state index contributed by atoms with van der Waals surface area (Å²) in [5, 5.41) is 0. The molecule has 3 heteroatoms. The van der Waals surface area contributed by atoms with Crippen LogP contribution in [0.5, 0.6) is 11.5 Å². The lowest BCUT2D eigenvalue weighted by molar-refractivity contribution is 0.310. The molecule has 0 atom stereocenters. The van der Waals surface area contributed by atoms with E-state index in [9.17, 15) is 0 Å². The maximum atomic E-state index is 5.43. The third-order valence-corrected chi connectivity index (χ3v) is 1.82. The first-order chi connectivity index (χ1) is 6.81. The monoisotopic (exact) mass is 193 g/mol. The van der Waals surface area contributed by atoms with Crippen LogP contribution in [0.3, 0.4) is 0 Å². The largest absolute Gasteiger partial charge is 0.493 e. The van der Waals surface area contributed by atoms with E-state index in [-0.39, 0.29) is 0 Å². The maximum absolute atomic E-state index is 5.43. The SMILES string of the molecule is C=NCc1ccc(OC)c(OCC)c1. The Morgan fingerprint density at radius 1 is 1.36 bits per heavy atom. The van der Waals surface area contributed by atoms with Gasteiger partial charge in [0.2, 0.25) is 0 Å². The van der Waals surface area contributed by atoms with Crippen molar-refractivity contribution in [2.75, 3.05) is 13.7 Å². The molecule has 0 aliphatic carbocycles. The van der Waals surface area contributed by atoms with Gasteiger partial charge in [0.15, 0.2) is 11.5 Å². The van der Waals surface area contributed by atoms with Gasteiger partial charge in [0.05, 0.1) is 20.3 Å². The molecule has 0 aliphatic rings. The van der Waals surface area contributed by atoms with Crippen molar-refractivity contribution in [2.45, 2.75) is 13.5 Å². The smallest absolute Gasteiger partial charge is 0.161 e. The molecular formula is C11H15NO2. The van der Waals surface area contributed by atoms with Crippen LogP contribution in [0.4, 0.5) is 0 Å². The van der Waals surface area contributed by atoms with Gasteiger partial charge in [-0.05, 0) is 31.3 Å². The Kier molecular flexibility index (Phi) is 3.98. The van der Waals surface area contributed by atoms with Crippen molar-refractivity contribution in [1.29, 1.82) is 0 Å². The number of hydrogen-bond donors (Lipinski definition) is 0. The zero-order valence-corrected chi connectivity index (χ0v) is 8.62. The molecular weight excluding hydrogens is 178 g/mol. The first-order valence-corrected chi connectivity index (χ1v) is 4.54. The summed E-state index contributed by atoms with van der Waals surface area (Å²) in [7, 11) is 1.63. The molecule has 14 heavy (non-hydrogen) atoms. The van der Waals surface area contributed by atoms with Crippen LogP contribution in [-0.4, -0.2) is 20.4 Å². The van der Waals surface area contributed by atoms with E-state index >= 15 is 0 Å². The molecule has 0 saturated carbocycles. The van der Waals surface area contributed by atoms with E-state index in [2.05, 4.69) is 11.7 Å². The van der Waals surface area contributed by atoms with Gasteiger partial charge in [-0.2, -0.15) is 0 Å². The normalized spacial score (nSPS) is 9.57. The molecule has 0 bridgehead atoms. The number of aliphatic imine (C=N–C) groups is 1. The molecule has 0 unspecified atom stereocenters. The van der Waals surface area contributed by atoms with Crippen LogP contribution in [-0.2, 0) is 6.54 Å². The Labute approximate surface area is 84.4 Å². The number of methoxy groups -OCH3 is 1. The van der Waals surface area contributed by atoms with Gasteiger partial charge in [-0.1, -0.05) is 6.07 Å². The fourth-order valence-corrected chi connectivity index (χ4v) is 1.22. The van der Waals surface area contributed by atoms with Crippen LogP contribution in [0.25, 0.3) is 0 Å². The van der Waals surface area contributed by atoms with Crippen LogP contribution >= 0.6 is 0 Å². The number of nitrogens with zero attached hydrogens (tertiary/aromatic N) is 1. The summed E-state index contributed by atoms with van der Waals surface area (Å²) in [5.74, 6) is 1.51. The van der Waals surface area contributed by atoms with Gasteiger partial charge < -0.3 is 9.47 Å². The molecule has 1 aromatic carbocycles. The highest BCUT2D eigenvalue weighted by Gasteiger charge is 2.04. The molecule has 0 saturated heterocycles. The lowest BCUT2D eigenvalue weighted by Crippen LogP contribution is -1.96. The van der Waals surface area contributed by atoms with E-state index < -0.39 is 0 Å². The Bertz CT molecular complexity index is 310. The van der Waals surface area contributed by atoms with Crippen molar-refractivity contribution in [1.82, 2.24) is 0 Å². The minimum atomic E-state index is 0.601. The van der Waals surface area contributed by atoms with Crippen molar-refractivity contribution in [3.63, 3.8) is 0 Å². The van der Waals surface area contributed by atoms with Gasteiger partial charge in [-0.15, -0.1) is 0 Å².